The van der Waals surface area contributed by atoms with Crippen LogP contribution in [0.4, 0.5) is 0 Å². The summed E-state index contributed by atoms with van der Waals surface area (Å²) in [7, 11) is 0. The van der Waals surface area contributed by atoms with Crippen molar-refractivity contribution in [3.63, 3.8) is 0 Å². The van der Waals surface area contributed by atoms with Gasteiger partial charge < -0.3 is 15.4 Å². The zero-order chi connectivity index (χ0) is 12.1. The van der Waals surface area contributed by atoms with Gasteiger partial charge in [-0.2, -0.15) is 4.98 Å². The van der Waals surface area contributed by atoms with Crippen molar-refractivity contribution in [2.45, 2.75) is 12.8 Å². The van der Waals surface area contributed by atoms with Crippen LogP contribution < -0.4 is 5.73 Å². The summed E-state index contributed by atoms with van der Waals surface area (Å²) in [5.74, 6) is 0.999. The zero-order valence-corrected chi connectivity index (χ0v) is 9.47. The third-order valence-electron chi connectivity index (χ3n) is 2.41. The fourth-order valence-corrected chi connectivity index (χ4v) is 1.60. The summed E-state index contributed by atoms with van der Waals surface area (Å²) in [5, 5.41) is 12.6. The molecule has 0 atom stereocenters. The van der Waals surface area contributed by atoms with Gasteiger partial charge in [-0.25, -0.2) is 0 Å². The van der Waals surface area contributed by atoms with Gasteiger partial charge in [0.05, 0.1) is 6.61 Å². The van der Waals surface area contributed by atoms with Crippen LogP contribution in [0.3, 0.4) is 0 Å². The van der Waals surface area contributed by atoms with Gasteiger partial charge in [0.2, 0.25) is 0 Å². The quantitative estimate of drug-likeness (QED) is 0.796. The molecule has 0 unspecified atom stereocenters. The Morgan fingerprint density at radius 1 is 1.29 bits per heavy atom. The third kappa shape index (κ3) is 2.89. The van der Waals surface area contributed by atoms with Gasteiger partial charge in [0.15, 0.2) is 5.82 Å². The van der Waals surface area contributed by atoms with E-state index in [0.717, 1.165) is 17.5 Å². The molecule has 1 heterocycles. The second-order valence-corrected chi connectivity index (χ2v) is 3.73. The molecule has 5 nitrogen and oxygen atoms in total. The summed E-state index contributed by atoms with van der Waals surface area (Å²) in [6.07, 6.45) is 1.23. The highest BCUT2D eigenvalue weighted by Gasteiger charge is 2.08. The van der Waals surface area contributed by atoms with Gasteiger partial charge in [-0.05, 0) is 30.7 Å². The van der Waals surface area contributed by atoms with Crippen molar-refractivity contribution < 1.29 is 9.63 Å². The van der Waals surface area contributed by atoms with E-state index in [9.17, 15) is 0 Å². The van der Waals surface area contributed by atoms with Crippen molar-refractivity contribution in [3.05, 3.63) is 35.7 Å². The molecule has 5 heteroatoms. The van der Waals surface area contributed by atoms with Gasteiger partial charge in [-0.1, -0.05) is 17.3 Å². The fraction of sp³-hybridized carbons (Fsp3) is 0.333. The molecule has 3 N–H and O–H groups in total. The summed E-state index contributed by atoms with van der Waals surface area (Å²) in [5.41, 5.74) is 7.54. The summed E-state index contributed by atoms with van der Waals surface area (Å²) >= 11 is 0. The maximum atomic E-state index is 8.78. The van der Waals surface area contributed by atoms with E-state index in [-0.39, 0.29) is 6.61 Å². The van der Waals surface area contributed by atoms with Crippen LogP contribution in [0.1, 0.15) is 11.4 Å². The Morgan fingerprint density at radius 3 is 2.94 bits per heavy atom. The van der Waals surface area contributed by atoms with Gasteiger partial charge >= 0.3 is 0 Å². The molecule has 0 aliphatic heterocycles. The molecule has 0 fully saturated rings. The molecule has 0 saturated carbocycles. The van der Waals surface area contributed by atoms with Crippen LogP contribution in [0.25, 0.3) is 11.5 Å². The number of aliphatic hydroxyl groups is 1. The van der Waals surface area contributed by atoms with Crippen molar-refractivity contribution in [3.8, 4) is 11.5 Å². The predicted octanol–water partition coefficient (Wildman–Crippen LogP) is 0.773. The summed E-state index contributed by atoms with van der Waals surface area (Å²) in [6.45, 7) is 0.634. The van der Waals surface area contributed by atoms with Gasteiger partial charge in [0, 0.05) is 12.0 Å². The van der Waals surface area contributed by atoms with Crippen LogP contribution in [-0.4, -0.2) is 28.4 Å². The van der Waals surface area contributed by atoms with Crippen LogP contribution in [0, 0.1) is 0 Å². The van der Waals surface area contributed by atoms with Gasteiger partial charge in [0.25, 0.3) is 5.89 Å². The Hall–Kier alpha value is -1.72. The van der Waals surface area contributed by atoms with Crippen LogP contribution >= 0.6 is 0 Å². The molecule has 0 radical (unpaired) electrons. The fourth-order valence-electron chi connectivity index (χ4n) is 1.60. The minimum atomic E-state index is 0.0200. The smallest absolute Gasteiger partial charge is 0.257 e. The molecule has 1 aromatic heterocycles. The molecule has 0 aliphatic carbocycles. The molecular weight excluding hydrogens is 218 g/mol. The van der Waals surface area contributed by atoms with E-state index in [1.807, 2.05) is 24.3 Å². The normalized spacial score (nSPS) is 10.7. The highest BCUT2D eigenvalue weighted by atomic mass is 16.5. The first kappa shape index (κ1) is 11.8. The van der Waals surface area contributed by atoms with E-state index < -0.39 is 0 Å². The molecule has 0 spiro atoms. The van der Waals surface area contributed by atoms with E-state index >= 15 is 0 Å². The molecule has 2 aromatic rings. The number of hydrogen-bond acceptors (Lipinski definition) is 5. The lowest BCUT2D eigenvalue weighted by Crippen LogP contribution is -2.02. The van der Waals surface area contributed by atoms with E-state index in [2.05, 4.69) is 10.1 Å². The van der Waals surface area contributed by atoms with E-state index in [0.29, 0.717) is 24.7 Å². The van der Waals surface area contributed by atoms with E-state index in [4.69, 9.17) is 15.4 Å². The van der Waals surface area contributed by atoms with Crippen molar-refractivity contribution in [2.24, 2.45) is 5.73 Å². The molecule has 0 amide bonds. The number of aromatic nitrogens is 2. The van der Waals surface area contributed by atoms with Gasteiger partial charge in [0.1, 0.15) is 0 Å². The second-order valence-electron chi connectivity index (χ2n) is 3.73. The largest absolute Gasteiger partial charge is 0.396 e. The SMILES string of the molecule is NCCc1cccc(-c2nc(CCO)no2)c1. The topological polar surface area (TPSA) is 85.2 Å². The van der Waals surface area contributed by atoms with Crippen molar-refractivity contribution >= 4 is 0 Å². The van der Waals surface area contributed by atoms with E-state index in [1.165, 1.54) is 0 Å². The number of nitrogens with two attached hydrogens (primary N) is 1. The Bertz CT molecular complexity index is 482. The molecule has 1 aromatic carbocycles. The minimum absolute atomic E-state index is 0.0200. The molecule has 17 heavy (non-hydrogen) atoms. The Labute approximate surface area is 99.3 Å². The molecule has 90 valence electrons. The third-order valence-corrected chi connectivity index (χ3v) is 2.41. The summed E-state index contributed by atoms with van der Waals surface area (Å²) in [6, 6.07) is 7.86. The van der Waals surface area contributed by atoms with E-state index in [1.54, 1.807) is 0 Å². The average Bonchev–Trinajstić information content (AvgIpc) is 2.79. The Morgan fingerprint density at radius 2 is 2.18 bits per heavy atom. The second kappa shape index (κ2) is 5.56. The van der Waals surface area contributed by atoms with Crippen LogP contribution in [0.2, 0.25) is 0 Å². The number of rotatable bonds is 5. The Kier molecular flexibility index (Phi) is 3.85. The highest BCUT2D eigenvalue weighted by Crippen LogP contribution is 2.18. The van der Waals surface area contributed by atoms with Crippen molar-refractivity contribution in [2.75, 3.05) is 13.2 Å². The zero-order valence-electron chi connectivity index (χ0n) is 9.47. The summed E-state index contributed by atoms with van der Waals surface area (Å²) in [4.78, 5) is 4.20. The first-order chi connectivity index (χ1) is 8.33. The molecule has 2 rings (SSSR count). The molecule has 0 aliphatic rings. The number of aliphatic hydroxyl groups excluding tert-OH is 1. The van der Waals surface area contributed by atoms with Crippen LogP contribution in [0.5, 0.6) is 0 Å². The van der Waals surface area contributed by atoms with Crippen LogP contribution in [-0.2, 0) is 12.8 Å². The highest BCUT2D eigenvalue weighted by molar-refractivity contribution is 5.54. The van der Waals surface area contributed by atoms with Crippen LogP contribution in [0.15, 0.2) is 28.8 Å². The van der Waals surface area contributed by atoms with Crippen molar-refractivity contribution in [1.82, 2.24) is 10.1 Å². The number of hydrogen-bond donors (Lipinski definition) is 2. The Balaban J connectivity index is 2.22. The molecule has 0 bridgehead atoms. The lowest BCUT2D eigenvalue weighted by Gasteiger charge is -1.99. The standard InChI is InChI=1S/C12H15N3O2/c13-6-4-9-2-1-3-10(8-9)12-14-11(5-7-16)15-17-12/h1-3,8,16H,4-7,13H2. The lowest BCUT2D eigenvalue weighted by atomic mass is 10.1. The lowest BCUT2D eigenvalue weighted by molar-refractivity contribution is 0.293. The molecular formula is C12H15N3O2. The monoisotopic (exact) mass is 233 g/mol. The summed E-state index contributed by atoms with van der Waals surface area (Å²) < 4.78 is 5.13. The maximum absolute atomic E-state index is 8.78. The number of nitrogens with zero attached hydrogens (tertiary/aromatic N) is 2. The molecule has 0 saturated heterocycles. The van der Waals surface area contributed by atoms with Gasteiger partial charge in [-0.3, -0.25) is 0 Å². The average molecular weight is 233 g/mol. The minimum Gasteiger partial charge on any atom is -0.396 e. The van der Waals surface area contributed by atoms with Gasteiger partial charge in [-0.15, -0.1) is 0 Å². The first-order valence-electron chi connectivity index (χ1n) is 5.56. The first-order valence-corrected chi connectivity index (χ1v) is 5.56. The maximum Gasteiger partial charge on any atom is 0.257 e. The van der Waals surface area contributed by atoms with Crippen molar-refractivity contribution in [1.29, 1.82) is 0 Å². The predicted molar refractivity (Wildman–Crippen MR) is 63.3 cm³/mol. The number of benzene rings is 1.